The fourth-order valence-corrected chi connectivity index (χ4v) is 3.95. The highest BCUT2D eigenvalue weighted by molar-refractivity contribution is 6.32. The molecule has 1 fully saturated rings. The lowest BCUT2D eigenvalue weighted by Crippen LogP contribution is -2.22. The molecule has 0 atom stereocenters. The van der Waals surface area contributed by atoms with Crippen molar-refractivity contribution < 1.29 is 14.3 Å². The molecule has 0 aromatic heterocycles. The summed E-state index contributed by atoms with van der Waals surface area (Å²) < 4.78 is 11.1. The van der Waals surface area contributed by atoms with Gasteiger partial charge >= 0.3 is 0 Å². The molecule has 27 heavy (non-hydrogen) atoms. The fraction of sp³-hybridized carbons (Fsp3) is 0.350. The molecule has 0 unspecified atom stereocenters. The van der Waals surface area contributed by atoms with E-state index in [1.807, 2.05) is 12.1 Å². The van der Waals surface area contributed by atoms with Crippen molar-refractivity contribution in [2.75, 3.05) is 36.5 Å². The molecule has 1 N–H and O–H groups in total. The third kappa shape index (κ3) is 4.09. The predicted molar refractivity (Wildman–Crippen MR) is 108 cm³/mol. The Morgan fingerprint density at radius 2 is 1.85 bits per heavy atom. The molecule has 1 amide bonds. The summed E-state index contributed by atoms with van der Waals surface area (Å²) in [4.78, 5) is 14.9. The van der Waals surface area contributed by atoms with Crippen LogP contribution < -0.4 is 19.7 Å². The van der Waals surface area contributed by atoms with Crippen molar-refractivity contribution in [1.82, 2.24) is 0 Å². The van der Waals surface area contributed by atoms with E-state index in [0.717, 1.165) is 42.9 Å². The molecule has 2 aliphatic rings. The molecule has 0 bridgehead atoms. The van der Waals surface area contributed by atoms with Crippen LogP contribution in [0, 0.1) is 0 Å². The summed E-state index contributed by atoms with van der Waals surface area (Å²) in [6, 6.07) is 9.16. The van der Waals surface area contributed by atoms with E-state index in [-0.39, 0.29) is 12.3 Å². The van der Waals surface area contributed by atoms with E-state index in [2.05, 4.69) is 10.2 Å². The Morgan fingerprint density at radius 3 is 2.67 bits per heavy atom. The third-order valence-electron chi connectivity index (χ3n) is 4.70. The van der Waals surface area contributed by atoms with Crippen LogP contribution in [0.3, 0.4) is 0 Å². The van der Waals surface area contributed by atoms with E-state index >= 15 is 0 Å². The van der Waals surface area contributed by atoms with E-state index in [4.69, 9.17) is 32.7 Å². The number of fused-ring (bicyclic) bond motifs is 1. The number of carbonyl (C=O) groups excluding carboxylic acids is 1. The highest BCUT2D eigenvalue weighted by Crippen LogP contribution is 2.38. The standard InChI is InChI=1S/C20H20Cl2N2O3/c21-14-3-4-17(24-5-1-2-6-24)16(12-14)23-19(25)11-13-9-15(22)20-18(10-13)26-7-8-27-20/h3-4,9-10,12H,1-2,5-8,11H2,(H,23,25). The first-order valence-electron chi connectivity index (χ1n) is 9.02. The van der Waals surface area contributed by atoms with Crippen LogP contribution in [-0.4, -0.2) is 32.2 Å². The molecule has 2 aliphatic heterocycles. The van der Waals surface area contributed by atoms with E-state index in [9.17, 15) is 4.79 Å². The van der Waals surface area contributed by atoms with Crippen molar-refractivity contribution >= 4 is 40.5 Å². The average Bonchev–Trinajstić information content (AvgIpc) is 3.16. The number of amides is 1. The average molecular weight is 407 g/mol. The van der Waals surface area contributed by atoms with Gasteiger partial charge in [-0.2, -0.15) is 0 Å². The molecule has 142 valence electrons. The van der Waals surface area contributed by atoms with Crippen LogP contribution in [0.1, 0.15) is 18.4 Å². The van der Waals surface area contributed by atoms with E-state index in [0.29, 0.717) is 34.8 Å². The second kappa shape index (κ2) is 7.87. The lowest BCUT2D eigenvalue weighted by Gasteiger charge is -2.22. The minimum absolute atomic E-state index is 0.134. The summed E-state index contributed by atoms with van der Waals surface area (Å²) in [7, 11) is 0. The number of anilines is 2. The van der Waals surface area contributed by atoms with Gasteiger partial charge in [-0.3, -0.25) is 4.79 Å². The van der Waals surface area contributed by atoms with Crippen LogP contribution in [0.4, 0.5) is 11.4 Å². The number of rotatable bonds is 4. The molecule has 0 radical (unpaired) electrons. The third-order valence-corrected chi connectivity index (χ3v) is 5.22. The van der Waals surface area contributed by atoms with Crippen molar-refractivity contribution in [3.63, 3.8) is 0 Å². The van der Waals surface area contributed by atoms with Crippen molar-refractivity contribution in [3.05, 3.63) is 45.9 Å². The van der Waals surface area contributed by atoms with Gasteiger partial charge in [0.2, 0.25) is 5.91 Å². The highest BCUT2D eigenvalue weighted by atomic mass is 35.5. The van der Waals surface area contributed by atoms with Crippen LogP contribution in [-0.2, 0) is 11.2 Å². The maximum absolute atomic E-state index is 12.7. The maximum Gasteiger partial charge on any atom is 0.228 e. The minimum Gasteiger partial charge on any atom is -0.486 e. The summed E-state index contributed by atoms with van der Waals surface area (Å²) >= 11 is 12.4. The second-order valence-corrected chi connectivity index (χ2v) is 7.53. The van der Waals surface area contributed by atoms with Gasteiger partial charge in [0, 0.05) is 18.1 Å². The zero-order valence-electron chi connectivity index (χ0n) is 14.8. The zero-order valence-corrected chi connectivity index (χ0v) is 16.3. The molecular weight excluding hydrogens is 387 g/mol. The first-order chi connectivity index (χ1) is 13.1. The molecule has 0 aliphatic carbocycles. The SMILES string of the molecule is O=C(Cc1cc(Cl)c2c(c1)OCCO2)Nc1cc(Cl)ccc1N1CCCC1. The largest absolute Gasteiger partial charge is 0.486 e. The van der Waals surface area contributed by atoms with Crippen molar-refractivity contribution in [3.8, 4) is 11.5 Å². The molecule has 2 aromatic carbocycles. The Kier molecular flexibility index (Phi) is 5.32. The number of benzene rings is 2. The van der Waals surface area contributed by atoms with Crippen LogP contribution in [0.2, 0.25) is 10.0 Å². The Bertz CT molecular complexity index is 867. The van der Waals surface area contributed by atoms with Crippen molar-refractivity contribution in [2.24, 2.45) is 0 Å². The number of nitrogens with zero attached hydrogens (tertiary/aromatic N) is 1. The van der Waals surface area contributed by atoms with Gasteiger partial charge in [-0.15, -0.1) is 0 Å². The van der Waals surface area contributed by atoms with Gasteiger partial charge < -0.3 is 19.7 Å². The summed E-state index contributed by atoms with van der Waals surface area (Å²) in [6.07, 6.45) is 2.50. The molecule has 2 aromatic rings. The Labute approximate surface area is 168 Å². The number of hydrogen-bond donors (Lipinski definition) is 1. The fourth-order valence-electron chi connectivity index (χ4n) is 3.49. The quantitative estimate of drug-likeness (QED) is 0.808. The van der Waals surface area contributed by atoms with Crippen LogP contribution in [0.25, 0.3) is 0 Å². The number of carbonyl (C=O) groups is 1. The van der Waals surface area contributed by atoms with Gasteiger partial charge in [0.05, 0.1) is 22.8 Å². The molecular formula is C20H20Cl2N2O3. The number of hydrogen-bond acceptors (Lipinski definition) is 4. The normalized spacial score (nSPS) is 15.7. The first kappa shape index (κ1) is 18.3. The summed E-state index contributed by atoms with van der Waals surface area (Å²) in [6.45, 7) is 2.92. The maximum atomic E-state index is 12.7. The monoisotopic (exact) mass is 406 g/mol. The predicted octanol–water partition coefficient (Wildman–Crippen LogP) is 4.55. The topological polar surface area (TPSA) is 50.8 Å². The summed E-state index contributed by atoms with van der Waals surface area (Å²) in [5.41, 5.74) is 2.51. The number of halogens is 2. The van der Waals surface area contributed by atoms with E-state index < -0.39 is 0 Å². The lowest BCUT2D eigenvalue weighted by molar-refractivity contribution is -0.115. The lowest BCUT2D eigenvalue weighted by atomic mass is 10.1. The van der Waals surface area contributed by atoms with Gasteiger partial charge in [0.25, 0.3) is 0 Å². The molecule has 1 saturated heterocycles. The van der Waals surface area contributed by atoms with E-state index in [1.54, 1.807) is 18.2 Å². The highest BCUT2D eigenvalue weighted by Gasteiger charge is 2.20. The van der Waals surface area contributed by atoms with Crippen LogP contribution >= 0.6 is 23.2 Å². The molecule has 7 heteroatoms. The van der Waals surface area contributed by atoms with E-state index in [1.165, 1.54) is 0 Å². The first-order valence-corrected chi connectivity index (χ1v) is 9.78. The van der Waals surface area contributed by atoms with Gasteiger partial charge in [0.1, 0.15) is 13.2 Å². The zero-order chi connectivity index (χ0) is 18.8. The van der Waals surface area contributed by atoms with Gasteiger partial charge in [-0.1, -0.05) is 23.2 Å². The minimum atomic E-state index is -0.134. The smallest absolute Gasteiger partial charge is 0.228 e. The molecule has 2 heterocycles. The Balaban J connectivity index is 1.52. The second-order valence-electron chi connectivity index (χ2n) is 6.68. The summed E-state index contributed by atoms with van der Waals surface area (Å²) in [5.74, 6) is 0.987. The molecule has 5 nitrogen and oxygen atoms in total. The summed E-state index contributed by atoms with van der Waals surface area (Å²) in [5, 5.41) is 4.04. The molecule has 4 rings (SSSR count). The van der Waals surface area contributed by atoms with Crippen molar-refractivity contribution in [2.45, 2.75) is 19.3 Å². The Hall–Kier alpha value is -2.11. The molecule has 0 spiro atoms. The van der Waals surface area contributed by atoms with Gasteiger partial charge in [-0.25, -0.2) is 0 Å². The Morgan fingerprint density at radius 1 is 1.07 bits per heavy atom. The molecule has 0 saturated carbocycles. The number of nitrogens with one attached hydrogen (secondary N) is 1. The van der Waals surface area contributed by atoms with Gasteiger partial charge in [0.15, 0.2) is 11.5 Å². The van der Waals surface area contributed by atoms with Crippen molar-refractivity contribution in [1.29, 1.82) is 0 Å². The van der Waals surface area contributed by atoms with Gasteiger partial charge in [-0.05, 0) is 48.7 Å². The number of ether oxygens (including phenoxy) is 2. The van der Waals surface area contributed by atoms with Crippen LogP contribution in [0.15, 0.2) is 30.3 Å². The van der Waals surface area contributed by atoms with Crippen LogP contribution in [0.5, 0.6) is 11.5 Å².